The van der Waals surface area contributed by atoms with Crippen molar-refractivity contribution >= 4 is 10.0 Å². The van der Waals surface area contributed by atoms with Gasteiger partial charge in [0.15, 0.2) is 0 Å². The maximum absolute atomic E-state index is 11.7. The lowest BCUT2D eigenvalue weighted by Crippen LogP contribution is -2.28. The maximum atomic E-state index is 11.7. The normalized spacial score (nSPS) is 15.7. The fourth-order valence-electron chi connectivity index (χ4n) is 1.83. The molecule has 120 valence electrons. The Morgan fingerprint density at radius 2 is 1.80 bits per heavy atom. The van der Waals surface area contributed by atoms with Crippen LogP contribution >= 0.6 is 0 Å². The lowest BCUT2D eigenvalue weighted by atomic mass is 10.3. The lowest BCUT2D eigenvalue weighted by molar-refractivity contribution is 0.130. The molecule has 0 saturated heterocycles. The van der Waals surface area contributed by atoms with E-state index in [1.165, 1.54) is 12.8 Å². The van der Waals surface area contributed by atoms with Crippen LogP contribution < -0.4 is 10.0 Å². The van der Waals surface area contributed by atoms with Crippen LogP contribution in [-0.4, -0.2) is 46.5 Å². The molecule has 0 atom stereocenters. The van der Waals surface area contributed by atoms with Crippen molar-refractivity contribution in [2.24, 2.45) is 0 Å². The molecule has 0 aromatic carbocycles. The number of ether oxygens (including phenoxy) is 1. The minimum atomic E-state index is -3.10. The molecule has 6 heteroatoms. The smallest absolute Gasteiger partial charge is 0.211 e. The van der Waals surface area contributed by atoms with Gasteiger partial charge in [-0.3, -0.25) is 0 Å². The summed E-state index contributed by atoms with van der Waals surface area (Å²) in [5.41, 5.74) is 0. The Morgan fingerprint density at radius 1 is 1.05 bits per heavy atom. The number of hydrogen-bond acceptors (Lipinski definition) is 4. The van der Waals surface area contributed by atoms with Crippen molar-refractivity contribution in [3.8, 4) is 0 Å². The molecule has 0 aromatic rings. The topological polar surface area (TPSA) is 67.4 Å². The first-order valence-corrected chi connectivity index (χ1v) is 9.58. The summed E-state index contributed by atoms with van der Waals surface area (Å²) in [6, 6.07) is 0.706. The van der Waals surface area contributed by atoms with Crippen LogP contribution in [0.5, 0.6) is 0 Å². The van der Waals surface area contributed by atoms with Gasteiger partial charge in [-0.2, -0.15) is 0 Å². The van der Waals surface area contributed by atoms with Gasteiger partial charge >= 0.3 is 0 Å². The number of unbranched alkanes of at least 4 members (excludes halogenated alkanes) is 2. The van der Waals surface area contributed by atoms with Gasteiger partial charge in [0, 0.05) is 25.8 Å². The van der Waals surface area contributed by atoms with Gasteiger partial charge in [-0.1, -0.05) is 13.3 Å². The minimum absolute atomic E-state index is 0.232. The van der Waals surface area contributed by atoms with Gasteiger partial charge in [0.2, 0.25) is 10.0 Å². The largest absolute Gasteiger partial charge is 0.381 e. The van der Waals surface area contributed by atoms with Crippen LogP contribution in [0.1, 0.15) is 51.9 Å². The van der Waals surface area contributed by atoms with E-state index in [4.69, 9.17) is 4.74 Å². The van der Waals surface area contributed by atoms with E-state index in [-0.39, 0.29) is 5.75 Å². The molecule has 0 spiro atoms. The van der Waals surface area contributed by atoms with Gasteiger partial charge in [0.05, 0.1) is 5.75 Å². The molecule has 0 bridgehead atoms. The monoisotopic (exact) mass is 306 g/mol. The number of rotatable bonds is 14. The second kappa shape index (κ2) is 10.5. The number of sulfonamides is 1. The highest BCUT2D eigenvalue weighted by Crippen LogP contribution is 2.18. The maximum Gasteiger partial charge on any atom is 0.211 e. The molecule has 0 amide bonds. The van der Waals surface area contributed by atoms with Crippen LogP contribution in [0.2, 0.25) is 0 Å². The van der Waals surface area contributed by atoms with Crippen LogP contribution in [-0.2, 0) is 14.8 Å². The Balaban J connectivity index is 1.88. The zero-order valence-electron chi connectivity index (χ0n) is 12.7. The first-order chi connectivity index (χ1) is 9.64. The van der Waals surface area contributed by atoms with Crippen LogP contribution in [0.4, 0.5) is 0 Å². The van der Waals surface area contributed by atoms with Crippen LogP contribution in [0.3, 0.4) is 0 Å². The molecule has 0 heterocycles. The quantitative estimate of drug-likeness (QED) is 0.479. The predicted octanol–water partition coefficient (Wildman–Crippen LogP) is 1.64. The first-order valence-electron chi connectivity index (χ1n) is 7.92. The van der Waals surface area contributed by atoms with E-state index in [0.29, 0.717) is 19.2 Å². The Kier molecular flexibility index (Phi) is 9.42. The molecule has 0 aromatic heterocycles. The van der Waals surface area contributed by atoms with Crippen molar-refractivity contribution in [3.63, 3.8) is 0 Å². The first kappa shape index (κ1) is 17.9. The van der Waals surface area contributed by atoms with Crippen molar-refractivity contribution < 1.29 is 13.2 Å². The summed E-state index contributed by atoms with van der Waals surface area (Å²) >= 11 is 0. The summed E-state index contributed by atoms with van der Waals surface area (Å²) in [5, 5.41) is 3.39. The van der Waals surface area contributed by atoms with E-state index in [2.05, 4.69) is 17.0 Å². The molecule has 0 radical (unpaired) electrons. The molecule has 0 aliphatic heterocycles. The molecule has 20 heavy (non-hydrogen) atoms. The molecule has 1 fully saturated rings. The average Bonchev–Trinajstić information content (AvgIpc) is 3.21. The second-order valence-corrected chi connectivity index (χ2v) is 7.39. The third-order valence-electron chi connectivity index (χ3n) is 3.28. The van der Waals surface area contributed by atoms with E-state index in [0.717, 1.165) is 45.3 Å². The van der Waals surface area contributed by atoms with E-state index < -0.39 is 10.0 Å². The summed E-state index contributed by atoms with van der Waals surface area (Å²) in [4.78, 5) is 0. The number of hydrogen-bond donors (Lipinski definition) is 2. The van der Waals surface area contributed by atoms with Crippen LogP contribution in [0, 0.1) is 0 Å². The summed E-state index contributed by atoms with van der Waals surface area (Å²) in [7, 11) is -3.10. The van der Waals surface area contributed by atoms with Crippen molar-refractivity contribution in [1.29, 1.82) is 0 Å². The highest BCUT2D eigenvalue weighted by molar-refractivity contribution is 7.89. The molecular formula is C14H30N2O3S. The molecule has 2 N–H and O–H groups in total. The van der Waals surface area contributed by atoms with Crippen molar-refractivity contribution in [1.82, 2.24) is 10.0 Å². The van der Waals surface area contributed by atoms with Gasteiger partial charge in [-0.15, -0.1) is 0 Å². The number of nitrogens with one attached hydrogen (secondary N) is 2. The van der Waals surface area contributed by atoms with Gasteiger partial charge in [-0.05, 0) is 45.1 Å². The van der Waals surface area contributed by atoms with Crippen molar-refractivity contribution in [3.05, 3.63) is 0 Å². The molecule has 1 aliphatic rings. The zero-order chi connectivity index (χ0) is 14.7. The minimum Gasteiger partial charge on any atom is -0.381 e. The van der Waals surface area contributed by atoms with E-state index in [1.54, 1.807) is 0 Å². The Morgan fingerprint density at radius 3 is 2.50 bits per heavy atom. The summed E-state index contributed by atoms with van der Waals surface area (Å²) in [6.07, 6.45) is 7.15. The Hall–Kier alpha value is -0.170. The Labute approximate surface area is 123 Å². The van der Waals surface area contributed by atoms with E-state index in [1.807, 2.05) is 0 Å². The molecule has 0 unspecified atom stereocenters. The molecule has 1 aliphatic carbocycles. The van der Waals surface area contributed by atoms with Gasteiger partial charge in [0.25, 0.3) is 0 Å². The zero-order valence-corrected chi connectivity index (χ0v) is 13.5. The summed E-state index contributed by atoms with van der Waals surface area (Å²) in [6.45, 7) is 4.95. The van der Waals surface area contributed by atoms with Crippen LogP contribution in [0.25, 0.3) is 0 Å². The summed E-state index contributed by atoms with van der Waals surface area (Å²) in [5.74, 6) is 0.232. The lowest BCUT2D eigenvalue weighted by Gasteiger charge is -2.07. The van der Waals surface area contributed by atoms with Gasteiger partial charge in [-0.25, -0.2) is 13.1 Å². The molecular weight excluding hydrogens is 276 g/mol. The summed E-state index contributed by atoms with van der Waals surface area (Å²) < 4.78 is 31.4. The van der Waals surface area contributed by atoms with Crippen molar-refractivity contribution in [2.75, 3.05) is 32.1 Å². The fourth-order valence-corrected chi connectivity index (χ4v) is 3.02. The third kappa shape index (κ3) is 10.6. The molecule has 5 nitrogen and oxygen atoms in total. The van der Waals surface area contributed by atoms with E-state index in [9.17, 15) is 8.42 Å². The fraction of sp³-hybridized carbons (Fsp3) is 1.00. The van der Waals surface area contributed by atoms with Gasteiger partial charge in [0.1, 0.15) is 0 Å². The van der Waals surface area contributed by atoms with Crippen molar-refractivity contribution in [2.45, 2.75) is 57.9 Å². The standard InChI is InChI=1S/C14H30N2O3S/c1-2-3-11-19-12-6-10-16-20(17,18)13-5-4-9-15-14-7-8-14/h14-16H,2-13H2,1H3. The average molecular weight is 306 g/mol. The highest BCUT2D eigenvalue weighted by Gasteiger charge is 2.19. The Bertz CT molecular complexity index is 329. The van der Waals surface area contributed by atoms with Gasteiger partial charge < -0.3 is 10.1 Å². The van der Waals surface area contributed by atoms with E-state index >= 15 is 0 Å². The SMILES string of the molecule is CCCCOCCCNS(=O)(=O)CCCCNC1CC1. The second-order valence-electron chi connectivity index (χ2n) is 5.47. The third-order valence-corrected chi connectivity index (χ3v) is 4.75. The molecule has 1 saturated carbocycles. The highest BCUT2D eigenvalue weighted by atomic mass is 32.2. The predicted molar refractivity (Wildman–Crippen MR) is 82.4 cm³/mol. The van der Waals surface area contributed by atoms with Crippen LogP contribution in [0.15, 0.2) is 0 Å². The molecule has 1 rings (SSSR count).